The van der Waals surface area contributed by atoms with Gasteiger partial charge in [-0.2, -0.15) is 0 Å². The number of aliphatic carboxylic acids is 1. The van der Waals surface area contributed by atoms with Gasteiger partial charge >= 0.3 is 5.97 Å². The molecule has 0 saturated carbocycles. The molecule has 0 aliphatic heterocycles. The summed E-state index contributed by atoms with van der Waals surface area (Å²) in [5.74, 6) is -1.06. The molecule has 1 atom stereocenters. The lowest BCUT2D eigenvalue weighted by atomic mass is 9.94. The molecule has 138 valence electrons. The van der Waals surface area contributed by atoms with Gasteiger partial charge in [-0.05, 0) is 31.0 Å². The Morgan fingerprint density at radius 1 is 1.08 bits per heavy atom. The number of hydrogen-bond acceptors (Lipinski definition) is 4. The van der Waals surface area contributed by atoms with E-state index in [9.17, 15) is 14.7 Å². The van der Waals surface area contributed by atoms with Gasteiger partial charge in [-0.15, -0.1) is 0 Å². The van der Waals surface area contributed by atoms with Gasteiger partial charge in [0.05, 0.1) is 32.2 Å². The first-order chi connectivity index (χ1) is 12.4. The summed E-state index contributed by atoms with van der Waals surface area (Å²) in [6.45, 7) is 1.97. The van der Waals surface area contributed by atoms with Gasteiger partial charge in [-0.1, -0.05) is 29.8 Å². The van der Waals surface area contributed by atoms with Gasteiger partial charge in [-0.3, -0.25) is 9.59 Å². The Hall–Kier alpha value is -3.02. The van der Waals surface area contributed by atoms with Gasteiger partial charge in [0, 0.05) is 6.07 Å². The highest BCUT2D eigenvalue weighted by Gasteiger charge is 2.23. The van der Waals surface area contributed by atoms with Crippen molar-refractivity contribution in [2.75, 3.05) is 19.5 Å². The van der Waals surface area contributed by atoms with E-state index in [0.717, 1.165) is 11.1 Å². The molecule has 0 fully saturated rings. The number of benzene rings is 2. The average molecular weight is 357 g/mol. The van der Waals surface area contributed by atoms with Crippen LogP contribution < -0.4 is 14.8 Å². The molecule has 1 unspecified atom stereocenters. The number of hydrogen-bond donors (Lipinski definition) is 2. The molecule has 2 rings (SSSR count). The van der Waals surface area contributed by atoms with Crippen molar-refractivity contribution in [3.05, 3.63) is 53.6 Å². The van der Waals surface area contributed by atoms with E-state index in [1.807, 2.05) is 31.2 Å². The summed E-state index contributed by atoms with van der Waals surface area (Å²) in [5.41, 5.74) is 2.46. The fourth-order valence-corrected chi connectivity index (χ4v) is 2.62. The maximum Gasteiger partial charge on any atom is 0.304 e. The molecule has 0 bridgehead atoms. The number of anilines is 1. The Kier molecular flexibility index (Phi) is 6.60. The van der Waals surface area contributed by atoms with Gasteiger partial charge in [0.25, 0.3) is 0 Å². The molecule has 0 aliphatic rings. The van der Waals surface area contributed by atoms with Crippen LogP contribution in [-0.4, -0.2) is 31.2 Å². The Morgan fingerprint density at radius 3 is 2.35 bits per heavy atom. The quantitative estimate of drug-likeness (QED) is 0.757. The highest BCUT2D eigenvalue weighted by molar-refractivity contribution is 5.96. The number of amides is 1. The van der Waals surface area contributed by atoms with Gasteiger partial charge < -0.3 is 19.9 Å². The standard InChI is InChI=1S/C20H23NO5/c1-13-4-6-14(7-5-13)10-15(11-19(22)23)20(24)21-17-12-16(25-2)8-9-18(17)26-3/h4-9,12,15H,10-11H2,1-3H3,(H,21,24)(H,22,23). The van der Waals surface area contributed by atoms with Crippen LogP contribution in [0.5, 0.6) is 11.5 Å². The minimum Gasteiger partial charge on any atom is -0.497 e. The van der Waals surface area contributed by atoms with E-state index in [2.05, 4.69) is 5.32 Å². The second kappa shape index (κ2) is 8.89. The van der Waals surface area contributed by atoms with Crippen LogP contribution in [0.3, 0.4) is 0 Å². The summed E-state index contributed by atoms with van der Waals surface area (Å²) in [6.07, 6.45) is 0.0801. The zero-order valence-electron chi connectivity index (χ0n) is 15.1. The van der Waals surface area contributed by atoms with E-state index < -0.39 is 11.9 Å². The largest absolute Gasteiger partial charge is 0.497 e. The minimum absolute atomic E-state index is 0.258. The number of aryl methyl sites for hydroxylation is 1. The summed E-state index contributed by atoms with van der Waals surface area (Å²) in [5, 5.41) is 11.9. The summed E-state index contributed by atoms with van der Waals surface area (Å²) in [4.78, 5) is 23.9. The Labute approximate surface area is 152 Å². The van der Waals surface area contributed by atoms with Crippen molar-refractivity contribution >= 4 is 17.6 Å². The first-order valence-electron chi connectivity index (χ1n) is 8.23. The molecule has 1 amide bonds. The SMILES string of the molecule is COc1ccc(OC)c(NC(=O)C(CC(=O)O)Cc2ccc(C)cc2)c1. The van der Waals surface area contributed by atoms with Gasteiger partial charge in [-0.25, -0.2) is 0 Å². The predicted molar refractivity (Wildman–Crippen MR) is 98.8 cm³/mol. The second-order valence-electron chi connectivity index (χ2n) is 6.04. The van der Waals surface area contributed by atoms with E-state index in [-0.39, 0.29) is 12.3 Å². The molecule has 6 heteroatoms. The monoisotopic (exact) mass is 357 g/mol. The maximum atomic E-state index is 12.7. The zero-order valence-corrected chi connectivity index (χ0v) is 15.1. The van der Waals surface area contributed by atoms with Crippen LogP contribution in [0, 0.1) is 12.8 Å². The third kappa shape index (κ3) is 5.24. The molecule has 6 nitrogen and oxygen atoms in total. The normalized spacial score (nSPS) is 11.5. The summed E-state index contributed by atoms with van der Waals surface area (Å²) < 4.78 is 10.4. The van der Waals surface area contributed by atoms with E-state index in [1.165, 1.54) is 14.2 Å². The van der Waals surface area contributed by atoms with Crippen LogP contribution in [-0.2, 0) is 16.0 Å². The Bertz CT molecular complexity index is 770. The van der Waals surface area contributed by atoms with Crippen molar-refractivity contribution in [3.8, 4) is 11.5 Å². The minimum atomic E-state index is -1.02. The van der Waals surface area contributed by atoms with Crippen LogP contribution in [0.1, 0.15) is 17.5 Å². The van der Waals surface area contributed by atoms with Crippen molar-refractivity contribution in [2.45, 2.75) is 19.8 Å². The third-order valence-corrected chi connectivity index (χ3v) is 4.06. The van der Waals surface area contributed by atoms with Crippen LogP contribution in [0.2, 0.25) is 0 Å². The fourth-order valence-electron chi connectivity index (χ4n) is 2.62. The lowest BCUT2D eigenvalue weighted by molar-refractivity contribution is -0.140. The smallest absolute Gasteiger partial charge is 0.304 e. The number of methoxy groups -OCH3 is 2. The molecule has 0 radical (unpaired) electrons. The molecule has 0 aromatic heterocycles. The topological polar surface area (TPSA) is 84.9 Å². The van der Waals surface area contributed by atoms with Crippen LogP contribution in [0.25, 0.3) is 0 Å². The molecular formula is C20H23NO5. The molecule has 2 aromatic rings. The van der Waals surface area contributed by atoms with Gasteiger partial charge in [0.1, 0.15) is 11.5 Å². The van der Waals surface area contributed by atoms with E-state index in [0.29, 0.717) is 23.6 Å². The average Bonchev–Trinajstić information content (AvgIpc) is 2.62. The zero-order chi connectivity index (χ0) is 19.1. The molecule has 26 heavy (non-hydrogen) atoms. The number of carbonyl (C=O) groups excluding carboxylic acids is 1. The molecule has 2 aromatic carbocycles. The third-order valence-electron chi connectivity index (χ3n) is 4.06. The summed E-state index contributed by atoms with van der Waals surface area (Å²) >= 11 is 0. The number of carboxylic acid groups (broad SMARTS) is 1. The number of rotatable bonds is 8. The molecule has 0 heterocycles. The first-order valence-corrected chi connectivity index (χ1v) is 8.23. The summed E-state index contributed by atoms with van der Waals surface area (Å²) in [7, 11) is 3.02. The van der Waals surface area contributed by atoms with Crippen molar-refractivity contribution in [2.24, 2.45) is 5.92 Å². The Balaban J connectivity index is 2.21. The second-order valence-corrected chi connectivity index (χ2v) is 6.04. The number of ether oxygens (including phenoxy) is 2. The van der Waals surface area contributed by atoms with E-state index in [1.54, 1.807) is 18.2 Å². The van der Waals surface area contributed by atoms with Crippen LogP contribution in [0.4, 0.5) is 5.69 Å². The Morgan fingerprint density at radius 2 is 1.77 bits per heavy atom. The van der Waals surface area contributed by atoms with E-state index >= 15 is 0 Å². The summed E-state index contributed by atoms with van der Waals surface area (Å²) in [6, 6.07) is 12.7. The molecule has 0 aliphatic carbocycles. The van der Waals surface area contributed by atoms with Crippen molar-refractivity contribution in [3.63, 3.8) is 0 Å². The fraction of sp³-hybridized carbons (Fsp3) is 0.300. The molecule has 2 N–H and O–H groups in total. The number of carbonyl (C=O) groups is 2. The van der Waals surface area contributed by atoms with E-state index in [4.69, 9.17) is 9.47 Å². The van der Waals surface area contributed by atoms with Crippen LogP contribution >= 0.6 is 0 Å². The highest BCUT2D eigenvalue weighted by atomic mass is 16.5. The molecular weight excluding hydrogens is 334 g/mol. The van der Waals surface area contributed by atoms with Crippen molar-refractivity contribution < 1.29 is 24.2 Å². The lowest BCUT2D eigenvalue weighted by Crippen LogP contribution is -2.27. The number of nitrogens with one attached hydrogen (secondary N) is 1. The first kappa shape index (κ1) is 19.3. The van der Waals surface area contributed by atoms with Gasteiger partial charge in [0.2, 0.25) is 5.91 Å². The van der Waals surface area contributed by atoms with Crippen LogP contribution in [0.15, 0.2) is 42.5 Å². The predicted octanol–water partition coefficient (Wildman–Crippen LogP) is 3.28. The lowest BCUT2D eigenvalue weighted by Gasteiger charge is -2.17. The van der Waals surface area contributed by atoms with Crippen molar-refractivity contribution in [1.29, 1.82) is 0 Å². The maximum absolute atomic E-state index is 12.7. The number of carboxylic acids is 1. The van der Waals surface area contributed by atoms with Crippen molar-refractivity contribution in [1.82, 2.24) is 0 Å². The molecule has 0 saturated heterocycles. The molecule has 0 spiro atoms. The van der Waals surface area contributed by atoms with Gasteiger partial charge in [0.15, 0.2) is 0 Å². The highest BCUT2D eigenvalue weighted by Crippen LogP contribution is 2.29.